The highest BCUT2D eigenvalue weighted by Gasteiger charge is 2.22. The van der Waals surface area contributed by atoms with Gasteiger partial charge in [0.25, 0.3) is 5.91 Å². The lowest BCUT2D eigenvalue weighted by atomic mass is 10.1. The van der Waals surface area contributed by atoms with E-state index in [0.29, 0.717) is 10.6 Å². The predicted octanol–water partition coefficient (Wildman–Crippen LogP) is 3.31. The van der Waals surface area contributed by atoms with Gasteiger partial charge in [-0.15, -0.1) is 0 Å². The van der Waals surface area contributed by atoms with Crippen LogP contribution in [0.25, 0.3) is 0 Å². The summed E-state index contributed by atoms with van der Waals surface area (Å²) in [5.41, 5.74) is 1.92. The van der Waals surface area contributed by atoms with Crippen LogP contribution in [0.1, 0.15) is 15.9 Å². The summed E-state index contributed by atoms with van der Waals surface area (Å²) >= 11 is 5.88. The number of rotatable bonds is 4. The van der Waals surface area contributed by atoms with Gasteiger partial charge in [-0.25, -0.2) is 0 Å². The zero-order valence-corrected chi connectivity index (χ0v) is 14.5. The Labute approximate surface area is 147 Å². The molecule has 0 saturated carbocycles. The summed E-state index contributed by atoms with van der Waals surface area (Å²) in [6, 6.07) is 15.2. The fraction of sp³-hybridized carbons (Fsp3) is 0.316. The molecule has 24 heavy (non-hydrogen) atoms. The molecule has 2 aromatic rings. The van der Waals surface area contributed by atoms with E-state index in [1.54, 1.807) is 31.4 Å². The lowest BCUT2D eigenvalue weighted by Crippen LogP contribution is -2.48. The molecule has 1 fully saturated rings. The molecular formula is C19H21ClN2O2. The molecule has 126 valence electrons. The highest BCUT2D eigenvalue weighted by molar-refractivity contribution is 6.30. The quantitative estimate of drug-likeness (QED) is 0.853. The SMILES string of the molecule is COc1cccc(CN2CCN(C(=O)c3ccc(Cl)cc3)CC2)c1. The minimum atomic E-state index is 0.0766. The molecule has 2 aromatic carbocycles. The molecule has 1 heterocycles. The van der Waals surface area contributed by atoms with Crippen LogP contribution in [0.2, 0.25) is 5.02 Å². The van der Waals surface area contributed by atoms with Gasteiger partial charge in [0.15, 0.2) is 0 Å². The number of piperazine rings is 1. The van der Waals surface area contributed by atoms with Crippen LogP contribution in [0.5, 0.6) is 5.75 Å². The van der Waals surface area contributed by atoms with E-state index in [1.807, 2.05) is 17.0 Å². The van der Waals surface area contributed by atoms with E-state index in [9.17, 15) is 4.79 Å². The number of methoxy groups -OCH3 is 1. The van der Waals surface area contributed by atoms with Gasteiger partial charge >= 0.3 is 0 Å². The average molecular weight is 345 g/mol. The molecule has 0 N–H and O–H groups in total. The third kappa shape index (κ3) is 4.08. The number of hydrogen-bond donors (Lipinski definition) is 0. The lowest BCUT2D eigenvalue weighted by Gasteiger charge is -2.34. The van der Waals surface area contributed by atoms with Crippen molar-refractivity contribution in [2.75, 3.05) is 33.3 Å². The first-order valence-corrected chi connectivity index (χ1v) is 8.43. The van der Waals surface area contributed by atoms with Gasteiger partial charge in [0.2, 0.25) is 0 Å². The van der Waals surface area contributed by atoms with Crippen LogP contribution in [-0.2, 0) is 6.54 Å². The molecular weight excluding hydrogens is 324 g/mol. The van der Waals surface area contributed by atoms with E-state index in [2.05, 4.69) is 17.0 Å². The predicted molar refractivity (Wildman–Crippen MR) is 95.6 cm³/mol. The molecule has 1 saturated heterocycles. The van der Waals surface area contributed by atoms with Crippen LogP contribution in [-0.4, -0.2) is 49.0 Å². The van der Waals surface area contributed by atoms with Crippen molar-refractivity contribution in [1.29, 1.82) is 0 Å². The maximum atomic E-state index is 12.5. The minimum Gasteiger partial charge on any atom is -0.497 e. The van der Waals surface area contributed by atoms with Gasteiger partial charge in [0, 0.05) is 43.3 Å². The molecule has 1 amide bonds. The second kappa shape index (κ2) is 7.69. The Morgan fingerprint density at radius 1 is 1.08 bits per heavy atom. The monoisotopic (exact) mass is 344 g/mol. The van der Waals surface area contributed by atoms with Crippen molar-refractivity contribution in [3.63, 3.8) is 0 Å². The van der Waals surface area contributed by atoms with E-state index in [0.717, 1.165) is 38.5 Å². The smallest absolute Gasteiger partial charge is 0.253 e. The highest BCUT2D eigenvalue weighted by atomic mass is 35.5. The molecule has 1 aliphatic heterocycles. The molecule has 0 aliphatic carbocycles. The Kier molecular flexibility index (Phi) is 5.38. The molecule has 4 nitrogen and oxygen atoms in total. The van der Waals surface area contributed by atoms with Crippen molar-refractivity contribution in [1.82, 2.24) is 9.80 Å². The Bertz CT molecular complexity index is 695. The topological polar surface area (TPSA) is 32.8 Å². The molecule has 0 aromatic heterocycles. The average Bonchev–Trinajstić information content (AvgIpc) is 2.62. The summed E-state index contributed by atoms with van der Waals surface area (Å²) in [6.07, 6.45) is 0. The van der Waals surface area contributed by atoms with Crippen molar-refractivity contribution >= 4 is 17.5 Å². The van der Waals surface area contributed by atoms with E-state index in [1.165, 1.54) is 5.56 Å². The number of hydrogen-bond acceptors (Lipinski definition) is 3. The van der Waals surface area contributed by atoms with Crippen LogP contribution < -0.4 is 4.74 Å². The number of halogens is 1. The fourth-order valence-electron chi connectivity index (χ4n) is 2.91. The van der Waals surface area contributed by atoms with Crippen LogP contribution in [0.4, 0.5) is 0 Å². The second-order valence-electron chi connectivity index (χ2n) is 5.93. The molecule has 0 spiro atoms. The molecule has 1 aliphatic rings. The minimum absolute atomic E-state index is 0.0766. The summed E-state index contributed by atoms with van der Waals surface area (Å²) in [5, 5.41) is 0.648. The third-order valence-corrected chi connectivity index (χ3v) is 4.54. The molecule has 0 atom stereocenters. The van der Waals surface area contributed by atoms with E-state index < -0.39 is 0 Å². The Hall–Kier alpha value is -2.04. The zero-order chi connectivity index (χ0) is 16.9. The maximum absolute atomic E-state index is 12.5. The van der Waals surface area contributed by atoms with Crippen LogP contribution >= 0.6 is 11.6 Å². The van der Waals surface area contributed by atoms with Gasteiger partial charge in [-0.3, -0.25) is 9.69 Å². The standard InChI is InChI=1S/C19H21ClN2O2/c1-24-18-4-2-3-15(13-18)14-21-9-11-22(12-10-21)19(23)16-5-7-17(20)8-6-16/h2-8,13H,9-12,14H2,1H3. The maximum Gasteiger partial charge on any atom is 0.253 e. The van der Waals surface area contributed by atoms with Crippen molar-refractivity contribution in [2.24, 2.45) is 0 Å². The molecule has 0 radical (unpaired) electrons. The van der Waals surface area contributed by atoms with Crippen molar-refractivity contribution in [3.05, 3.63) is 64.7 Å². The summed E-state index contributed by atoms with van der Waals surface area (Å²) in [6.45, 7) is 4.10. The van der Waals surface area contributed by atoms with Crippen molar-refractivity contribution in [2.45, 2.75) is 6.54 Å². The number of amides is 1. The number of ether oxygens (including phenoxy) is 1. The third-order valence-electron chi connectivity index (χ3n) is 4.29. The first kappa shape index (κ1) is 16.8. The number of carbonyl (C=O) groups is 1. The van der Waals surface area contributed by atoms with Crippen LogP contribution in [0.3, 0.4) is 0 Å². The van der Waals surface area contributed by atoms with Gasteiger partial charge < -0.3 is 9.64 Å². The molecule has 5 heteroatoms. The summed E-state index contributed by atoms with van der Waals surface area (Å²) < 4.78 is 5.27. The lowest BCUT2D eigenvalue weighted by molar-refractivity contribution is 0.0628. The van der Waals surface area contributed by atoms with Gasteiger partial charge in [-0.1, -0.05) is 23.7 Å². The van der Waals surface area contributed by atoms with E-state index in [-0.39, 0.29) is 5.91 Å². The van der Waals surface area contributed by atoms with Crippen molar-refractivity contribution < 1.29 is 9.53 Å². The Morgan fingerprint density at radius 2 is 1.79 bits per heavy atom. The second-order valence-corrected chi connectivity index (χ2v) is 6.36. The summed E-state index contributed by atoms with van der Waals surface area (Å²) in [5.74, 6) is 0.955. The highest BCUT2D eigenvalue weighted by Crippen LogP contribution is 2.17. The summed E-state index contributed by atoms with van der Waals surface area (Å²) in [7, 11) is 1.68. The Balaban J connectivity index is 1.55. The Morgan fingerprint density at radius 3 is 2.46 bits per heavy atom. The first-order chi connectivity index (χ1) is 11.7. The van der Waals surface area contributed by atoms with Gasteiger partial charge in [-0.2, -0.15) is 0 Å². The number of carbonyl (C=O) groups excluding carboxylic acids is 1. The molecule has 0 bridgehead atoms. The van der Waals surface area contributed by atoms with Crippen LogP contribution in [0, 0.1) is 0 Å². The molecule has 0 unspecified atom stereocenters. The van der Waals surface area contributed by atoms with E-state index >= 15 is 0 Å². The zero-order valence-electron chi connectivity index (χ0n) is 13.7. The van der Waals surface area contributed by atoms with E-state index in [4.69, 9.17) is 16.3 Å². The van der Waals surface area contributed by atoms with Crippen LogP contribution in [0.15, 0.2) is 48.5 Å². The number of benzene rings is 2. The van der Waals surface area contributed by atoms with Gasteiger partial charge in [-0.05, 0) is 42.0 Å². The number of nitrogens with zero attached hydrogens (tertiary/aromatic N) is 2. The fourth-order valence-corrected chi connectivity index (χ4v) is 3.04. The first-order valence-electron chi connectivity index (χ1n) is 8.06. The van der Waals surface area contributed by atoms with Crippen molar-refractivity contribution in [3.8, 4) is 5.75 Å². The largest absolute Gasteiger partial charge is 0.497 e. The summed E-state index contributed by atoms with van der Waals surface area (Å²) in [4.78, 5) is 16.8. The normalized spacial score (nSPS) is 15.3. The van der Waals surface area contributed by atoms with Gasteiger partial charge in [0.05, 0.1) is 7.11 Å². The van der Waals surface area contributed by atoms with Gasteiger partial charge in [0.1, 0.15) is 5.75 Å². The molecule has 3 rings (SSSR count).